The first-order chi connectivity index (χ1) is 9.04. The van der Waals surface area contributed by atoms with E-state index in [4.69, 9.17) is 5.73 Å². The lowest BCUT2D eigenvalue weighted by atomic mass is 9.90. The van der Waals surface area contributed by atoms with Crippen molar-refractivity contribution in [3.8, 4) is 0 Å². The van der Waals surface area contributed by atoms with E-state index >= 15 is 0 Å². The molecule has 0 aliphatic carbocycles. The Bertz CT molecular complexity index is 486. The van der Waals surface area contributed by atoms with Crippen molar-refractivity contribution in [2.24, 2.45) is 11.7 Å². The van der Waals surface area contributed by atoms with Gasteiger partial charge in [0.2, 0.25) is 0 Å². The molecule has 2 atom stereocenters. The highest BCUT2D eigenvalue weighted by Gasteiger charge is 2.32. The number of carbonyl (C=O) groups is 1. The molecule has 20 heavy (non-hydrogen) atoms. The minimum atomic E-state index is -0.492. The molecule has 2 unspecified atom stereocenters. The topological polar surface area (TPSA) is 46.3 Å². The van der Waals surface area contributed by atoms with E-state index in [-0.39, 0.29) is 29.9 Å². The summed E-state index contributed by atoms with van der Waals surface area (Å²) in [6.07, 6.45) is 2.01. The Morgan fingerprint density at radius 1 is 1.55 bits per heavy atom. The van der Waals surface area contributed by atoms with Crippen LogP contribution >= 0.6 is 28.3 Å². The van der Waals surface area contributed by atoms with Crippen LogP contribution in [0.1, 0.15) is 30.1 Å². The Balaban J connectivity index is 0.00000200. The maximum Gasteiger partial charge on any atom is 0.257 e. The molecular formula is C14H19BrClFN2O. The monoisotopic (exact) mass is 364 g/mol. The normalized spacial score (nSPS) is 22.3. The summed E-state index contributed by atoms with van der Waals surface area (Å²) in [5, 5.41) is 0. The predicted molar refractivity (Wildman–Crippen MR) is 83.6 cm³/mol. The summed E-state index contributed by atoms with van der Waals surface area (Å²) in [7, 11) is 0. The van der Waals surface area contributed by atoms with Gasteiger partial charge in [0, 0.05) is 23.6 Å². The summed E-state index contributed by atoms with van der Waals surface area (Å²) in [4.78, 5) is 14.2. The Labute approximate surface area is 133 Å². The van der Waals surface area contributed by atoms with E-state index in [9.17, 15) is 9.18 Å². The van der Waals surface area contributed by atoms with Crippen LogP contribution in [-0.4, -0.2) is 29.9 Å². The van der Waals surface area contributed by atoms with Crippen LogP contribution < -0.4 is 5.73 Å². The van der Waals surface area contributed by atoms with Gasteiger partial charge in [-0.05, 0) is 37.0 Å². The van der Waals surface area contributed by atoms with E-state index in [0.717, 1.165) is 12.8 Å². The van der Waals surface area contributed by atoms with Crippen LogP contribution in [0.5, 0.6) is 0 Å². The highest BCUT2D eigenvalue weighted by atomic mass is 79.9. The second-order valence-corrected chi connectivity index (χ2v) is 5.96. The molecule has 0 aromatic heterocycles. The van der Waals surface area contributed by atoms with Crippen molar-refractivity contribution in [3.05, 3.63) is 34.1 Å². The first-order valence-electron chi connectivity index (χ1n) is 6.50. The standard InChI is InChI=1S/C14H18BrFN2O.ClH/c1-9-3-2-6-18(13(9)8-17)14(19)11-5-4-10(15)7-12(11)16;/h4-5,7,9,13H,2-3,6,8,17H2,1H3;1H. The lowest BCUT2D eigenvalue weighted by Gasteiger charge is -2.39. The Hall–Kier alpha value is -0.650. The third kappa shape index (κ3) is 3.51. The molecule has 1 aliphatic rings. The molecule has 1 heterocycles. The summed E-state index contributed by atoms with van der Waals surface area (Å²) in [6.45, 7) is 3.17. The van der Waals surface area contributed by atoms with Crippen LogP contribution in [0.2, 0.25) is 0 Å². The molecular weight excluding hydrogens is 347 g/mol. The number of benzene rings is 1. The third-order valence-electron chi connectivity index (χ3n) is 3.78. The van der Waals surface area contributed by atoms with Gasteiger partial charge in [0.05, 0.1) is 5.56 Å². The van der Waals surface area contributed by atoms with Crippen molar-refractivity contribution >= 4 is 34.2 Å². The van der Waals surface area contributed by atoms with Crippen molar-refractivity contribution in [2.75, 3.05) is 13.1 Å². The van der Waals surface area contributed by atoms with Gasteiger partial charge in [-0.1, -0.05) is 22.9 Å². The zero-order chi connectivity index (χ0) is 14.0. The van der Waals surface area contributed by atoms with Crippen molar-refractivity contribution in [3.63, 3.8) is 0 Å². The molecule has 6 heteroatoms. The molecule has 1 saturated heterocycles. The van der Waals surface area contributed by atoms with Crippen LogP contribution in [0.25, 0.3) is 0 Å². The number of nitrogens with zero attached hydrogens (tertiary/aromatic N) is 1. The van der Waals surface area contributed by atoms with Crippen LogP contribution in [0.3, 0.4) is 0 Å². The fourth-order valence-electron chi connectivity index (χ4n) is 2.68. The number of piperidine rings is 1. The van der Waals surface area contributed by atoms with Crippen molar-refractivity contribution < 1.29 is 9.18 Å². The summed E-state index contributed by atoms with van der Waals surface area (Å²) in [5.74, 6) is -0.387. The minimum Gasteiger partial charge on any atom is -0.334 e. The zero-order valence-corrected chi connectivity index (χ0v) is 13.7. The van der Waals surface area contributed by atoms with E-state index in [2.05, 4.69) is 22.9 Å². The van der Waals surface area contributed by atoms with Crippen molar-refractivity contribution in [2.45, 2.75) is 25.8 Å². The van der Waals surface area contributed by atoms with Gasteiger partial charge in [0.1, 0.15) is 5.82 Å². The van der Waals surface area contributed by atoms with Gasteiger partial charge >= 0.3 is 0 Å². The van der Waals surface area contributed by atoms with Gasteiger partial charge in [-0.25, -0.2) is 4.39 Å². The Kier molecular flexibility index (Phi) is 6.43. The lowest BCUT2D eigenvalue weighted by Crippen LogP contribution is -2.51. The first-order valence-corrected chi connectivity index (χ1v) is 7.30. The largest absolute Gasteiger partial charge is 0.334 e. The molecule has 2 N–H and O–H groups in total. The third-order valence-corrected chi connectivity index (χ3v) is 4.27. The number of halogens is 3. The minimum absolute atomic E-state index is 0. The van der Waals surface area contributed by atoms with Gasteiger partial charge in [0.15, 0.2) is 0 Å². The second-order valence-electron chi connectivity index (χ2n) is 5.05. The molecule has 112 valence electrons. The number of hydrogen-bond donors (Lipinski definition) is 1. The highest BCUT2D eigenvalue weighted by molar-refractivity contribution is 9.10. The average Bonchev–Trinajstić information content (AvgIpc) is 2.37. The number of hydrogen-bond acceptors (Lipinski definition) is 2. The highest BCUT2D eigenvalue weighted by Crippen LogP contribution is 2.25. The number of rotatable bonds is 2. The van der Waals surface area contributed by atoms with Gasteiger partial charge in [0.25, 0.3) is 5.91 Å². The number of nitrogens with two attached hydrogens (primary N) is 1. The first kappa shape index (κ1) is 17.4. The molecule has 1 amide bonds. The molecule has 0 spiro atoms. The van der Waals surface area contributed by atoms with Crippen LogP contribution in [-0.2, 0) is 0 Å². The van der Waals surface area contributed by atoms with E-state index in [1.807, 2.05) is 0 Å². The maximum absolute atomic E-state index is 13.9. The quantitative estimate of drug-likeness (QED) is 0.875. The smallest absolute Gasteiger partial charge is 0.257 e. The summed E-state index contributed by atoms with van der Waals surface area (Å²) in [5.41, 5.74) is 5.89. The fraction of sp³-hybridized carbons (Fsp3) is 0.500. The van der Waals surface area contributed by atoms with Gasteiger partial charge < -0.3 is 10.6 Å². The Morgan fingerprint density at radius 2 is 2.25 bits per heavy atom. The zero-order valence-electron chi connectivity index (χ0n) is 11.3. The van der Waals surface area contributed by atoms with Gasteiger partial charge in [-0.15, -0.1) is 12.4 Å². The molecule has 0 radical (unpaired) electrons. The fourth-order valence-corrected chi connectivity index (χ4v) is 3.01. The summed E-state index contributed by atoms with van der Waals surface area (Å²) < 4.78 is 14.5. The lowest BCUT2D eigenvalue weighted by molar-refractivity contribution is 0.0528. The maximum atomic E-state index is 13.9. The average molecular weight is 366 g/mol. The molecule has 1 aromatic carbocycles. The molecule has 2 rings (SSSR count). The molecule has 0 bridgehead atoms. The van der Waals surface area contributed by atoms with Crippen molar-refractivity contribution in [1.82, 2.24) is 4.90 Å². The number of amides is 1. The molecule has 1 aliphatic heterocycles. The van der Waals surface area contributed by atoms with Crippen LogP contribution in [0.15, 0.2) is 22.7 Å². The Morgan fingerprint density at radius 3 is 2.85 bits per heavy atom. The molecule has 3 nitrogen and oxygen atoms in total. The number of likely N-dealkylation sites (tertiary alicyclic amines) is 1. The molecule has 1 aromatic rings. The van der Waals surface area contributed by atoms with Crippen molar-refractivity contribution in [1.29, 1.82) is 0 Å². The van der Waals surface area contributed by atoms with E-state index in [0.29, 0.717) is 23.5 Å². The molecule has 0 saturated carbocycles. The number of carbonyl (C=O) groups excluding carboxylic acids is 1. The SMILES string of the molecule is CC1CCCN(C(=O)c2ccc(Br)cc2F)C1CN.Cl. The van der Waals surface area contributed by atoms with E-state index in [1.165, 1.54) is 12.1 Å². The summed E-state index contributed by atoms with van der Waals surface area (Å²) in [6, 6.07) is 4.53. The van der Waals surface area contributed by atoms with E-state index in [1.54, 1.807) is 11.0 Å². The van der Waals surface area contributed by atoms with Gasteiger partial charge in [-0.2, -0.15) is 0 Å². The van der Waals surface area contributed by atoms with E-state index < -0.39 is 5.82 Å². The predicted octanol–water partition coefficient (Wildman–Crippen LogP) is 3.21. The van der Waals surface area contributed by atoms with Crippen LogP contribution in [0.4, 0.5) is 4.39 Å². The van der Waals surface area contributed by atoms with Gasteiger partial charge in [-0.3, -0.25) is 4.79 Å². The molecule has 1 fully saturated rings. The summed E-state index contributed by atoms with van der Waals surface area (Å²) >= 11 is 3.19. The van der Waals surface area contributed by atoms with Crippen LogP contribution in [0, 0.1) is 11.7 Å². The second kappa shape index (κ2) is 7.38.